The molecule has 0 bridgehead atoms. The fourth-order valence-electron chi connectivity index (χ4n) is 1.78. The molecule has 0 saturated heterocycles. The van der Waals surface area contributed by atoms with Crippen molar-refractivity contribution < 1.29 is 9.18 Å². The molecule has 1 amide bonds. The molecule has 1 atom stereocenters. The van der Waals surface area contributed by atoms with Crippen LogP contribution in [0.1, 0.15) is 35.7 Å². The molecule has 0 aliphatic heterocycles. The van der Waals surface area contributed by atoms with Crippen LogP contribution in [0.25, 0.3) is 0 Å². The number of carbonyl (C=O) groups is 1. The van der Waals surface area contributed by atoms with Gasteiger partial charge in [-0.2, -0.15) is 0 Å². The summed E-state index contributed by atoms with van der Waals surface area (Å²) in [5.74, 6) is 0.354. The lowest BCUT2D eigenvalue weighted by molar-refractivity contribution is 0.0945. The van der Waals surface area contributed by atoms with Crippen LogP contribution >= 0.6 is 11.6 Å². The Balaban J connectivity index is 2.62. The fraction of sp³-hybridized carbons (Fsp3) is 0.500. The zero-order chi connectivity index (χ0) is 13.5. The highest BCUT2D eigenvalue weighted by Gasteiger charge is 2.12. The number of aryl methyl sites for hydroxylation is 1. The van der Waals surface area contributed by atoms with Gasteiger partial charge >= 0.3 is 0 Å². The van der Waals surface area contributed by atoms with Crippen molar-refractivity contribution in [1.82, 2.24) is 5.32 Å². The summed E-state index contributed by atoms with van der Waals surface area (Å²) in [5.41, 5.74) is 1.18. The quantitative estimate of drug-likeness (QED) is 0.788. The van der Waals surface area contributed by atoms with Gasteiger partial charge in [0, 0.05) is 18.0 Å². The van der Waals surface area contributed by atoms with E-state index in [0.717, 1.165) is 18.4 Å². The molecular weight excluding hydrogens is 253 g/mol. The molecule has 1 rings (SSSR count). The van der Waals surface area contributed by atoms with Crippen LogP contribution in [-0.4, -0.2) is 18.3 Å². The molecule has 0 aliphatic carbocycles. The van der Waals surface area contributed by atoms with Crippen molar-refractivity contribution in [2.45, 2.75) is 26.7 Å². The number of amides is 1. The maximum Gasteiger partial charge on any atom is 0.251 e. The number of nitrogens with one attached hydrogen (secondary N) is 1. The summed E-state index contributed by atoms with van der Waals surface area (Å²) in [6.07, 6.45) is 1.84. The van der Waals surface area contributed by atoms with Crippen LogP contribution in [0, 0.1) is 18.7 Å². The van der Waals surface area contributed by atoms with E-state index in [-0.39, 0.29) is 5.91 Å². The Morgan fingerprint density at radius 3 is 2.83 bits per heavy atom. The van der Waals surface area contributed by atoms with E-state index in [1.807, 2.05) is 0 Å². The number of hydrogen-bond donors (Lipinski definition) is 1. The maximum atomic E-state index is 13.1. The van der Waals surface area contributed by atoms with E-state index in [4.69, 9.17) is 11.6 Å². The first-order valence-corrected chi connectivity index (χ1v) is 6.72. The highest BCUT2D eigenvalue weighted by atomic mass is 35.5. The van der Waals surface area contributed by atoms with E-state index in [9.17, 15) is 9.18 Å². The summed E-state index contributed by atoms with van der Waals surface area (Å²) in [7, 11) is 0. The van der Waals surface area contributed by atoms with Crippen molar-refractivity contribution in [2.75, 3.05) is 12.4 Å². The molecule has 0 saturated carbocycles. The Kier molecular flexibility index (Phi) is 6.13. The van der Waals surface area contributed by atoms with Crippen molar-refractivity contribution >= 4 is 17.5 Å². The first-order valence-electron chi connectivity index (χ1n) is 6.18. The van der Waals surface area contributed by atoms with E-state index < -0.39 is 5.82 Å². The average molecular weight is 272 g/mol. The number of hydrogen-bond acceptors (Lipinski definition) is 1. The van der Waals surface area contributed by atoms with E-state index in [1.54, 1.807) is 13.0 Å². The number of benzene rings is 1. The Morgan fingerprint density at radius 1 is 1.50 bits per heavy atom. The SMILES string of the molecule is CCC(CCCl)CNC(=O)c1cc(F)ccc1C. The molecule has 2 nitrogen and oxygen atoms in total. The van der Waals surface area contributed by atoms with E-state index in [2.05, 4.69) is 12.2 Å². The fourth-order valence-corrected chi connectivity index (χ4v) is 2.08. The molecule has 18 heavy (non-hydrogen) atoms. The number of carbonyl (C=O) groups excluding carboxylic acids is 1. The van der Waals surface area contributed by atoms with Crippen LogP contribution in [0.2, 0.25) is 0 Å². The molecular formula is C14H19ClFNO. The van der Waals surface area contributed by atoms with E-state index in [0.29, 0.717) is 23.9 Å². The first-order chi connectivity index (χ1) is 8.58. The molecule has 0 aromatic heterocycles. The lowest BCUT2D eigenvalue weighted by Crippen LogP contribution is -2.29. The molecule has 1 aromatic rings. The third-order valence-corrected chi connectivity index (χ3v) is 3.31. The Labute approximate surface area is 113 Å². The zero-order valence-electron chi connectivity index (χ0n) is 10.8. The molecule has 0 aliphatic rings. The molecule has 4 heteroatoms. The molecule has 0 spiro atoms. The maximum absolute atomic E-state index is 13.1. The largest absolute Gasteiger partial charge is 0.352 e. The van der Waals surface area contributed by atoms with Crippen molar-refractivity contribution in [1.29, 1.82) is 0 Å². The van der Waals surface area contributed by atoms with Gasteiger partial charge in [0.1, 0.15) is 5.82 Å². The summed E-state index contributed by atoms with van der Waals surface area (Å²) < 4.78 is 13.1. The standard InChI is InChI=1S/C14H19ClFNO/c1-3-11(6-7-15)9-17-14(18)13-8-12(16)5-4-10(13)2/h4-5,8,11H,3,6-7,9H2,1-2H3,(H,17,18). The van der Waals surface area contributed by atoms with Crippen molar-refractivity contribution in [3.05, 3.63) is 35.1 Å². The van der Waals surface area contributed by atoms with Gasteiger partial charge in [-0.25, -0.2) is 4.39 Å². The van der Waals surface area contributed by atoms with Crippen molar-refractivity contribution in [3.63, 3.8) is 0 Å². The van der Waals surface area contributed by atoms with Crippen LogP contribution in [0.15, 0.2) is 18.2 Å². The van der Waals surface area contributed by atoms with Gasteiger partial charge < -0.3 is 5.32 Å². The Hall–Kier alpha value is -1.09. The second kappa shape index (κ2) is 7.37. The minimum atomic E-state index is -0.390. The highest BCUT2D eigenvalue weighted by Crippen LogP contribution is 2.12. The number of rotatable bonds is 6. The molecule has 1 unspecified atom stereocenters. The van der Waals surface area contributed by atoms with Crippen LogP contribution in [-0.2, 0) is 0 Å². The first kappa shape index (κ1) is 15.0. The minimum absolute atomic E-state index is 0.222. The summed E-state index contributed by atoms with van der Waals surface area (Å²) in [6.45, 7) is 4.44. The van der Waals surface area contributed by atoms with Crippen LogP contribution < -0.4 is 5.32 Å². The smallest absolute Gasteiger partial charge is 0.251 e. The minimum Gasteiger partial charge on any atom is -0.352 e. The Bertz CT molecular complexity index is 409. The third kappa shape index (κ3) is 4.30. The topological polar surface area (TPSA) is 29.1 Å². The molecule has 1 aromatic carbocycles. The van der Waals surface area contributed by atoms with Crippen LogP contribution in [0.5, 0.6) is 0 Å². The predicted molar refractivity (Wildman–Crippen MR) is 72.6 cm³/mol. The summed E-state index contributed by atoms with van der Waals surface area (Å²) in [6, 6.07) is 4.24. The summed E-state index contributed by atoms with van der Waals surface area (Å²) >= 11 is 5.69. The summed E-state index contributed by atoms with van der Waals surface area (Å²) in [4.78, 5) is 11.9. The third-order valence-electron chi connectivity index (χ3n) is 3.09. The molecule has 100 valence electrons. The van der Waals surface area contributed by atoms with Gasteiger partial charge in [0.15, 0.2) is 0 Å². The molecule has 0 fully saturated rings. The molecule has 0 heterocycles. The Morgan fingerprint density at radius 2 is 2.22 bits per heavy atom. The molecule has 1 N–H and O–H groups in total. The van der Waals surface area contributed by atoms with Crippen molar-refractivity contribution in [3.8, 4) is 0 Å². The van der Waals surface area contributed by atoms with E-state index >= 15 is 0 Å². The summed E-state index contributed by atoms with van der Waals surface area (Å²) in [5, 5.41) is 2.84. The van der Waals surface area contributed by atoms with Gasteiger partial charge in [0.25, 0.3) is 5.91 Å². The second-order valence-electron chi connectivity index (χ2n) is 4.42. The van der Waals surface area contributed by atoms with Gasteiger partial charge in [-0.05, 0) is 37.0 Å². The second-order valence-corrected chi connectivity index (χ2v) is 4.80. The van der Waals surface area contributed by atoms with Gasteiger partial charge in [-0.1, -0.05) is 19.4 Å². The van der Waals surface area contributed by atoms with E-state index in [1.165, 1.54) is 12.1 Å². The normalized spacial score (nSPS) is 12.2. The monoisotopic (exact) mass is 271 g/mol. The highest BCUT2D eigenvalue weighted by molar-refractivity contribution is 6.17. The van der Waals surface area contributed by atoms with Gasteiger partial charge in [0.05, 0.1) is 0 Å². The predicted octanol–water partition coefficient (Wildman–Crippen LogP) is 3.52. The van der Waals surface area contributed by atoms with Crippen LogP contribution in [0.4, 0.5) is 4.39 Å². The van der Waals surface area contributed by atoms with Crippen molar-refractivity contribution in [2.24, 2.45) is 5.92 Å². The van der Waals surface area contributed by atoms with Crippen LogP contribution in [0.3, 0.4) is 0 Å². The lowest BCUT2D eigenvalue weighted by Gasteiger charge is -2.14. The lowest BCUT2D eigenvalue weighted by atomic mass is 10.0. The van der Waals surface area contributed by atoms with Gasteiger partial charge in [0.2, 0.25) is 0 Å². The zero-order valence-corrected chi connectivity index (χ0v) is 11.6. The number of halogens is 2. The molecule has 0 radical (unpaired) electrons. The average Bonchev–Trinajstić information content (AvgIpc) is 2.37. The number of alkyl halides is 1. The van der Waals surface area contributed by atoms with Gasteiger partial charge in [-0.3, -0.25) is 4.79 Å². The van der Waals surface area contributed by atoms with Gasteiger partial charge in [-0.15, -0.1) is 11.6 Å².